The SMILES string of the molecule is CC(C)Nc1nc(Cl)nc(NNC(=O)[C@H](C)Oc2ccccc2)n1. The number of ether oxygens (including phenoxy) is 1. The first-order valence-electron chi connectivity index (χ1n) is 7.39. The van der Waals surface area contributed by atoms with Gasteiger partial charge in [-0.3, -0.25) is 15.6 Å². The molecule has 1 amide bonds. The van der Waals surface area contributed by atoms with Crippen molar-refractivity contribution in [1.82, 2.24) is 20.4 Å². The maximum Gasteiger partial charge on any atom is 0.279 e. The number of nitrogens with zero attached hydrogens (tertiary/aromatic N) is 3. The summed E-state index contributed by atoms with van der Waals surface area (Å²) in [5.41, 5.74) is 5.07. The number of benzene rings is 1. The van der Waals surface area contributed by atoms with E-state index in [-0.39, 0.29) is 23.2 Å². The van der Waals surface area contributed by atoms with Gasteiger partial charge in [-0.05, 0) is 44.5 Å². The van der Waals surface area contributed by atoms with Gasteiger partial charge in [0.25, 0.3) is 5.91 Å². The molecule has 2 aromatic rings. The number of hydrogen-bond donors (Lipinski definition) is 3. The fraction of sp³-hybridized carbons (Fsp3) is 0.333. The van der Waals surface area contributed by atoms with E-state index in [1.165, 1.54) is 0 Å². The Kier molecular flexibility index (Phi) is 6.14. The molecule has 0 saturated carbocycles. The van der Waals surface area contributed by atoms with Crippen molar-refractivity contribution in [3.05, 3.63) is 35.6 Å². The van der Waals surface area contributed by atoms with Gasteiger partial charge in [0.2, 0.25) is 17.2 Å². The average Bonchev–Trinajstić information content (AvgIpc) is 2.52. The van der Waals surface area contributed by atoms with E-state index in [9.17, 15) is 4.79 Å². The molecule has 0 radical (unpaired) electrons. The third-order valence-electron chi connectivity index (χ3n) is 2.75. The zero-order valence-corrected chi connectivity index (χ0v) is 14.3. The largest absolute Gasteiger partial charge is 0.481 e. The molecule has 0 aliphatic heterocycles. The predicted molar refractivity (Wildman–Crippen MR) is 91.9 cm³/mol. The standard InChI is InChI=1S/C15H19ClN6O2/c1-9(2)17-14-18-13(16)19-15(20-14)22-21-12(23)10(3)24-11-7-5-4-6-8-11/h4-10H,1-3H3,(H,21,23)(H2,17,18,19,20,22)/t10-/m0/s1. The first-order valence-corrected chi connectivity index (χ1v) is 7.77. The van der Waals surface area contributed by atoms with Gasteiger partial charge in [0.05, 0.1) is 0 Å². The molecule has 0 aliphatic rings. The van der Waals surface area contributed by atoms with Gasteiger partial charge in [-0.15, -0.1) is 0 Å². The Balaban J connectivity index is 1.92. The van der Waals surface area contributed by atoms with E-state index in [4.69, 9.17) is 16.3 Å². The Labute approximate surface area is 145 Å². The minimum atomic E-state index is -0.703. The van der Waals surface area contributed by atoms with Crippen molar-refractivity contribution in [2.75, 3.05) is 10.7 Å². The van der Waals surface area contributed by atoms with Gasteiger partial charge in [-0.1, -0.05) is 18.2 Å². The molecule has 0 saturated heterocycles. The molecule has 8 nitrogen and oxygen atoms in total. The third-order valence-corrected chi connectivity index (χ3v) is 2.92. The molecule has 24 heavy (non-hydrogen) atoms. The highest BCUT2D eigenvalue weighted by molar-refractivity contribution is 6.28. The Hall–Kier alpha value is -2.61. The molecule has 0 aliphatic carbocycles. The van der Waals surface area contributed by atoms with Crippen LogP contribution in [0.3, 0.4) is 0 Å². The highest BCUT2D eigenvalue weighted by Crippen LogP contribution is 2.11. The highest BCUT2D eigenvalue weighted by atomic mass is 35.5. The second-order valence-corrected chi connectivity index (χ2v) is 5.58. The summed E-state index contributed by atoms with van der Waals surface area (Å²) < 4.78 is 5.52. The topological polar surface area (TPSA) is 101 Å². The number of aromatic nitrogens is 3. The van der Waals surface area contributed by atoms with E-state index in [0.717, 1.165) is 0 Å². The Morgan fingerprint density at radius 1 is 1.08 bits per heavy atom. The number of hydrazine groups is 1. The molecule has 1 atom stereocenters. The van der Waals surface area contributed by atoms with E-state index < -0.39 is 6.10 Å². The van der Waals surface area contributed by atoms with Crippen molar-refractivity contribution >= 4 is 29.4 Å². The monoisotopic (exact) mass is 350 g/mol. The van der Waals surface area contributed by atoms with Gasteiger partial charge in [0, 0.05) is 6.04 Å². The molecule has 3 N–H and O–H groups in total. The molecule has 1 aromatic heterocycles. The van der Waals surface area contributed by atoms with Crippen molar-refractivity contribution < 1.29 is 9.53 Å². The fourth-order valence-corrected chi connectivity index (χ4v) is 1.86. The van der Waals surface area contributed by atoms with Crippen LogP contribution in [0.4, 0.5) is 11.9 Å². The summed E-state index contributed by atoms with van der Waals surface area (Å²) in [6.45, 7) is 5.51. The van der Waals surface area contributed by atoms with Crippen molar-refractivity contribution in [1.29, 1.82) is 0 Å². The summed E-state index contributed by atoms with van der Waals surface area (Å²) in [4.78, 5) is 24.0. The molecule has 1 aromatic carbocycles. The summed E-state index contributed by atoms with van der Waals surface area (Å²) in [5, 5.41) is 3.02. The zero-order chi connectivity index (χ0) is 17.5. The van der Waals surface area contributed by atoms with Crippen LogP contribution in [-0.4, -0.2) is 33.0 Å². The number of nitrogens with one attached hydrogen (secondary N) is 3. The van der Waals surface area contributed by atoms with Crippen LogP contribution in [0.5, 0.6) is 5.75 Å². The van der Waals surface area contributed by atoms with E-state index in [1.54, 1.807) is 19.1 Å². The van der Waals surface area contributed by atoms with E-state index in [1.807, 2.05) is 32.0 Å². The van der Waals surface area contributed by atoms with Crippen LogP contribution < -0.4 is 20.9 Å². The van der Waals surface area contributed by atoms with Crippen LogP contribution >= 0.6 is 11.6 Å². The van der Waals surface area contributed by atoms with Crippen molar-refractivity contribution in [2.24, 2.45) is 0 Å². The number of amides is 1. The number of halogens is 1. The Morgan fingerprint density at radius 2 is 1.75 bits per heavy atom. The fourth-order valence-electron chi connectivity index (χ4n) is 1.70. The predicted octanol–water partition coefficient (Wildman–Crippen LogP) is 2.26. The first-order chi connectivity index (χ1) is 11.4. The number of carbonyl (C=O) groups excluding carboxylic acids is 1. The van der Waals surface area contributed by atoms with Gasteiger partial charge in [-0.2, -0.15) is 15.0 Å². The smallest absolute Gasteiger partial charge is 0.279 e. The maximum absolute atomic E-state index is 12.0. The summed E-state index contributed by atoms with van der Waals surface area (Å²) in [5.74, 6) is 0.661. The van der Waals surface area contributed by atoms with Gasteiger partial charge in [-0.25, -0.2) is 0 Å². The molecular formula is C15H19ClN6O2. The lowest BCUT2D eigenvalue weighted by molar-refractivity contribution is -0.126. The van der Waals surface area contributed by atoms with Crippen LogP contribution in [0.1, 0.15) is 20.8 Å². The van der Waals surface area contributed by atoms with E-state index in [0.29, 0.717) is 11.7 Å². The number of rotatable bonds is 7. The van der Waals surface area contributed by atoms with Crippen LogP contribution in [0.25, 0.3) is 0 Å². The summed E-state index contributed by atoms with van der Waals surface area (Å²) in [6.07, 6.45) is -0.703. The summed E-state index contributed by atoms with van der Waals surface area (Å²) >= 11 is 5.84. The summed E-state index contributed by atoms with van der Waals surface area (Å²) in [6, 6.07) is 9.19. The Bertz CT molecular complexity index is 683. The minimum Gasteiger partial charge on any atom is -0.481 e. The van der Waals surface area contributed by atoms with Gasteiger partial charge in [0.15, 0.2) is 6.10 Å². The van der Waals surface area contributed by atoms with Crippen LogP contribution in [-0.2, 0) is 4.79 Å². The highest BCUT2D eigenvalue weighted by Gasteiger charge is 2.15. The number of anilines is 2. The number of para-hydroxylation sites is 1. The lowest BCUT2D eigenvalue weighted by Crippen LogP contribution is -2.40. The third kappa shape index (κ3) is 5.54. The quantitative estimate of drug-likeness (QED) is 0.658. The van der Waals surface area contributed by atoms with Crippen molar-refractivity contribution in [2.45, 2.75) is 32.9 Å². The van der Waals surface area contributed by atoms with Gasteiger partial charge in [0.1, 0.15) is 5.75 Å². The number of hydrogen-bond acceptors (Lipinski definition) is 7. The first kappa shape index (κ1) is 17.7. The zero-order valence-electron chi connectivity index (χ0n) is 13.6. The molecule has 0 spiro atoms. The summed E-state index contributed by atoms with van der Waals surface area (Å²) in [7, 11) is 0. The number of carbonyl (C=O) groups is 1. The van der Waals surface area contributed by atoms with Crippen LogP contribution in [0.2, 0.25) is 5.28 Å². The van der Waals surface area contributed by atoms with Crippen LogP contribution in [0.15, 0.2) is 30.3 Å². The van der Waals surface area contributed by atoms with Gasteiger partial charge < -0.3 is 10.1 Å². The van der Waals surface area contributed by atoms with Gasteiger partial charge >= 0.3 is 0 Å². The van der Waals surface area contributed by atoms with E-state index >= 15 is 0 Å². The lowest BCUT2D eigenvalue weighted by atomic mass is 10.3. The molecular weight excluding hydrogens is 332 g/mol. The molecule has 128 valence electrons. The van der Waals surface area contributed by atoms with E-state index in [2.05, 4.69) is 31.1 Å². The average molecular weight is 351 g/mol. The molecule has 2 rings (SSSR count). The second-order valence-electron chi connectivity index (χ2n) is 5.24. The maximum atomic E-state index is 12.0. The molecule has 0 fully saturated rings. The molecule has 1 heterocycles. The normalized spacial score (nSPS) is 11.7. The Morgan fingerprint density at radius 3 is 2.42 bits per heavy atom. The molecule has 9 heteroatoms. The molecule has 0 bridgehead atoms. The second kappa shape index (κ2) is 8.30. The van der Waals surface area contributed by atoms with Crippen molar-refractivity contribution in [3.63, 3.8) is 0 Å². The minimum absolute atomic E-state index is 0.0125. The van der Waals surface area contributed by atoms with Crippen molar-refractivity contribution in [3.8, 4) is 5.75 Å². The molecule has 0 unspecified atom stereocenters. The lowest BCUT2D eigenvalue weighted by Gasteiger charge is -2.15. The van der Waals surface area contributed by atoms with Crippen LogP contribution in [0, 0.1) is 0 Å².